The zero-order valence-corrected chi connectivity index (χ0v) is 10.3. The van der Waals surface area contributed by atoms with Crippen LogP contribution < -0.4 is 5.56 Å². The molecule has 0 bridgehead atoms. The maximum Gasteiger partial charge on any atom is 0.263 e. The highest BCUT2D eigenvalue weighted by atomic mass is 32.1. The van der Waals surface area contributed by atoms with Gasteiger partial charge in [0.25, 0.3) is 5.56 Å². The van der Waals surface area contributed by atoms with Crippen LogP contribution in [0.25, 0.3) is 21.0 Å². The van der Waals surface area contributed by atoms with Crippen LogP contribution in [0.5, 0.6) is 5.75 Å². The molecule has 0 saturated carbocycles. The van der Waals surface area contributed by atoms with Crippen LogP contribution in [0.4, 0.5) is 0 Å². The number of fused-ring (bicyclic) bond motifs is 3. The molecule has 0 aliphatic heterocycles. The fourth-order valence-electron chi connectivity index (χ4n) is 2.14. The van der Waals surface area contributed by atoms with E-state index in [1.807, 2.05) is 24.3 Å². The lowest BCUT2D eigenvalue weighted by Gasteiger charge is -2.05. The number of aryl methyl sites for hydroxylation is 1. The first-order valence-corrected chi connectivity index (χ1v) is 6.15. The number of para-hydroxylation sites is 1. The Bertz CT molecular complexity index is 845. The van der Waals surface area contributed by atoms with E-state index in [4.69, 9.17) is 0 Å². The predicted octanol–water partition coefficient (Wildman–Crippen LogP) is 2.27. The van der Waals surface area contributed by atoms with E-state index in [1.54, 1.807) is 7.05 Å². The van der Waals surface area contributed by atoms with Gasteiger partial charge in [-0.2, -0.15) is 0 Å². The molecular formula is C13H9NO3S. The molecule has 1 aromatic carbocycles. The summed E-state index contributed by atoms with van der Waals surface area (Å²) in [6.07, 6.45) is 0.578. The molecule has 4 nitrogen and oxygen atoms in total. The van der Waals surface area contributed by atoms with Crippen LogP contribution in [0.15, 0.2) is 29.1 Å². The molecule has 3 rings (SSSR count). The summed E-state index contributed by atoms with van der Waals surface area (Å²) in [5.74, 6) is -0.212. The summed E-state index contributed by atoms with van der Waals surface area (Å²) < 4.78 is 2.15. The Morgan fingerprint density at radius 3 is 2.78 bits per heavy atom. The molecular weight excluding hydrogens is 250 g/mol. The Morgan fingerprint density at radius 1 is 1.33 bits per heavy atom. The van der Waals surface area contributed by atoms with Crippen molar-refractivity contribution in [1.29, 1.82) is 0 Å². The van der Waals surface area contributed by atoms with Gasteiger partial charge in [-0.05, 0) is 6.07 Å². The molecule has 2 aromatic heterocycles. The molecule has 3 aromatic rings. The van der Waals surface area contributed by atoms with Crippen molar-refractivity contribution in [2.45, 2.75) is 0 Å². The van der Waals surface area contributed by atoms with E-state index >= 15 is 0 Å². The predicted molar refractivity (Wildman–Crippen MR) is 71.6 cm³/mol. The molecule has 0 atom stereocenters. The molecule has 0 radical (unpaired) electrons. The molecule has 18 heavy (non-hydrogen) atoms. The van der Waals surface area contributed by atoms with Crippen molar-refractivity contribution in [3.8, 4) is 5.75 Å². The number of aromatic nitrogens is 1. The third-order valence-electron chi connectivity index (χ3n) is 3.04. The lowest BCUT2D eigenvalue weighted by Crippen LogP contribution is -2.16. The average Bonchev–Trinajstić information content (AvgIpc) is 2.73. The molecule has 0 spiro atoms. The van der Waals surface area contributed by atoms with Gasteiger partial charge in [-0.15, -0.1) is 11.3 Å². The Kier molecular flexibility index (Phi) is 2.24. The summed E-state index contributed by atoms with van der Waals surface area (Å²) in [5.41, 5.74) is 0.499. The second-order valence-corrected chi connectivity index (χ2v) is 5.07. The van der Waals surface area contributed by atoms with E-state index in [0.29, 0.717) is 11.0 Å². The summed E-state index contributed by atoms with van der Waals surface area (Å²) in [6, 6.07) is 7.43. The number of carbonyl (C=O) groups excluding carboxylic acids is 1. The van der Waals surface area contributed by atoms with Crippen LogP contribution in [-0.2, 0) is 7.05 Å². The summed E-state index contributed by atoms with van der Waals surface area (Å²) in [4.78, 5) is 23.2. The summed E-state index contributed by atoms with van der Waals surface area (Å²) in [5, 5.41) is 11.0. The minimum Gasteiger partial charge on any atom is -0.505 e. The number of hydrogen-bond acceptors (Lipinski definition) is 4. The van der Waals surface area contributed by atoms with E-state index < -0.39 is 0 Å². The second-order valence-electron chi connectivity index (χ2n) is 4.02. The number of benzene rings is 1. The van der Waals surface area contributed by atoms with Crippen LogP contribution in [0.3, 0.4) is 0 Å². The Labute approximate surface area is 106 Å². The lowest BCUT2D eigenvalue weighted by molar-refractivity contribution is 0.112. The van der Waals surface area contributed by atoms with Gasteiger partial charge in [0.1, 0.15) is 16.0 Å². The maximum absolute atomic E-state index is 12.2. The van der Waals surface area contributed by atoms with Crippen molar-refractivity contribution in [3.63, 3.8) is 0 Å². The van der Waals surface area contributed by atoms with E-state index in [9.17, 15) is 14.7 Å². The molecule has 0 unspecified atom stereocenters. The van der Waals surface area contributed by atoms with Crippen molar-refractivity contribution in [1.82, 2.24) is 4.57 Å². The molecule has 0 fully saturated rings. The Balaban J connectivity index is 2.71. The zero-order valence-electron chi connectivity index (χ0n) is 9.51. The smallest absolute Gasteiger partial charge is 0.263 e. The van der Waals surface area contributed by atoms with Crippen LogP contribution in [0.1, 0.15) is 9.67 Å². The van der Waals surface area contributed by atoms with Crippen molar-refractivity contribution in [2.75, 3.05) is 0 Å². The quantitative estimate of drug-likeness (QED) is 0.682. The first-order valence-electron chi connectivity index (χ1n) is 5.33. The third-order valence-corrected chi connectivity index (χ3v) is 4.18. The number of hydrogen-bond donors (Lipinski definition) is 1. The first-order chi connectivity index (χ1) is 8.65. The van der Waals surface area contributed by atoms with Gasteiger partial charge in [0.15, 0.2) is 6.29 Å². The number of aromatic hydroxyl groups is 1. The fourth-order valence-corrected chi connectivity index (χ4v) is 3.18. The Hall–Kier alpha value is -2.14. The van der Waals surface area contributed by atoms with Crippen molar-refractivity contribution in [2.24, 2.45) is 7.05 Å². The molecule has 0 aliphatic carbocycles. The molecule has 5 heteroatoms. The number of aldehydes is 1. The zero-order chi connectivity index (χ0) is 12.9. The standard InChI is InChI=1S/C13H9NO3S/c1-14-8-5-3-2-4-7(8)12-10(13(14)17)11(16)9(6-15)18-12/h2-6,16H,1H3. The minimum atomic E-state index is -0.287. The van der Waals surface area contributed by atoms with Crippen LogP contribution in [-0.4, -0.2) is 16.0 Å². The highest BCUT2D eigenvalue weighted by Crippen LogP contribution is 2.37. The van der Waals surface area contributed by atoms with Gasteiger partial charge in [0.05, 0.1) is 10.2 Å². The highest BCUT2D eigenvalue weighted by Gasteiger charge is 2.17. The van der Waals surface area contributed by atoms with E-state index in [1.165, 1.54) is 4.57 Å². The molecule has 90 valence electrons. The van der Waals surface area contributed by atoms with Crippen LogP contribution >= 0.6 is 11.3 Å². The monoisotopic (exact) mass is 259 g/mol. The summed E-state index contributed by atoms with van der Waals surface area (Å²) in [6.45, 7) is 0. The minimum absolute atomic E-state index is 0.193. The van der Waals surface area contributed by atoms with Gasteiger partial charge in [-0.3, -0.25) is 9.59 Å². The third kappa shape index (κ3) is 1.25. The molecule has 0 amide bonds. The van der Waals surface area contributed by atoms with E-state index in [0.717, 1.165) is 22.2 Å². The van der Waals surface area contributed by atoms with Gasteiger partial charge in [0.2, 0.25) is 0 Å². The number of thiophene rings is 1. The highest BCUT2D eigenvalue weighted by molar-refractivity contribution is 7.22. The van der Waals surface area contributed by atoms with Crippen molar-refractivity contribution < 1.29 is 9.90 Å². The van der Waals surface area contributed by atoms with Crippen molar-refractivity contribution >= 4 is 38.6 Å². The van der Waals surface area contributed by atoms with Gasteiger partial charge in [0, 0.05) is 12.4 Å². The van der Waals surface area contributed by atoms with Crippen LogP contribution in [0, 0.1) is 0 Å². The number of carbonyl (C=O) groups is 1. The first kappa shape index (κ1) is 11.0. The fraction of sp³-hybridized carbons (Fsp3) is 0.0769. The number of pyridine rings is 1. The molecule has 2 heterocycles. The van der Waals surface area contributed by atoms with Gasteiger partial charge < -0.3 is 9.67 Å². The van der Waals surface area contributed by atoms with Gasteiger partial charge in [-0.25, -0.2) is 0 Å². The van der Waals surface area contributed by atoms with Crippen LogP contribution in [0.2, 0.25) is 0 Å². The molecule has 0 saturated heterocycles. The normalized spacial score (nSPS) is 11.2. The summed E-state index contributed by atoms with van der Waals surface area (Å²) >= 11 is 1.14. The largest absolute Gasteiger partial charge is 0.505 e. The Morgan fingerprint density at radius 2 is 2.06 bits per heavy atom. The molecule has 0 aliphatic rings. The SMILES string of the molecule is Cn1c(=O)c2c(O)c(C=O)sc2c2ccccc21. The van der Waals surface area contributed by atoms with Gasteiger partial charge in [-0.1, -0.05) is 18.2 Å². The summed E-state index contributed by atoms with van der Waals surface area (Å²) in [7, 11) is 1.65. The number of nitrogens with zero attached hydrogens (tertiary/aromatic N) is 1. The van der Waals surface area contributed by atoms with Gasteiger partial charge >= 0.3 is 0 Å². The number of rotatable bonds is 1. The second kappa shape index (κ2) is 3.68. The lowest BCUT2D eigenvalue weighted by atomic mass is 10.1. The molecule has 1 N–H and O–H groups in total. The average molecular weight is 259 g/mol. The topological polar surface area (TPSA) is 59.3 Å². The maximum atomic E-state index is 12.2. The van der Waals surface area contributed by atoms with E-state index in [2.05, 4.69) is 0 Å². The van der Waals surface area contributed by atoms with Crippen molar-refractivity contribution in [3.05, 3.63) is 39.5 Å². The van der Waals surface area contributed by atoms with E-state index in [-0.39, 0.29) is 21.6 Å².